The lowest BCUT2D eigenvalue weighted by atomic mass is 9.87. The molecule has 0 saturated carbocycles. The number of hydrogen-bond donors (Lipinski definition) is 1. The van der Waals surface area contributed by atoms with Gasteiger partial charge in [0.1, 0.15) is 6.04 Å². The van der Waals surface area contributed by atoms with Crippen LogP contribution >= 0.6 is 0 Å². The van der Waals surface area contributed by atoms with E-state index in [1.165, 1.54) is 5.56 Å². The van der Waals surface area contributed by atoms with Gasteiger partial charge >= 0.3 is 0 Å². The van der Waals surface area contributed by atoms with Crippen molar-refractivity contribution in [2.24, 2.45) is 0 Å². The van der Waals surface area contributed by atoms with Crippen LogP contribution in [0.25, 0.3) is 11.4 Å². The van der Waals surface area contributed by atoms with E-state index in [4.69, 9.17) is 4.52 Å². The molecule has 1 unspecified atom stereocenters. The van der Waals surface area contributed by atoms with Crippen LogP contribution in [0.1, 0.15) is 55.5 Å². The fourth-order valence-corrected chi connectivity index (χ4v) is 2.58. The molecule has 0 aliphatic heterocycles. The van der Waals surface area contributed by atoms with E-state index in [2.05, 4.69) is 48.4 Å². The Labute approximate surface area is 153 Å². The monoisotopic (exact) mass is 349 g/mol. The van der Waals surface area contributed by atoms with E-state index in [1.807, 2.05) is 37.3 Å². The number of rotatable bonds is 4. The minimum atomic E-state index is -0.377. The van der Waals surface area contributed by atoms with Crippen molar-refractivity contribution in [3.8, 4) is 11.4 Å². The third kappa shape index (κ3) is 3.99. The summed E-state index contributed by atoms with van der Waals surface area (Å²) in [6, 6.07) is 16.8. The summed E-state index contributed by atoms with van der Waals surface area (Å²) in [7, 11) is 0. The van der Waals surface area contributed by atoms with Gasteiger partial charge in [0, 0.05) is 11.1 Å². The molecule has 26 heavy (non-hydrogen) atoms. The predicted octanol–water partition coefficient (Wildman–Crippen LogP) is 4.53. The molecule has 0 bridgehead atoms. The van der Waals surface area contributed by atoms with E-state index in [-0.39, 0.29) is 17.4 Å². The number of nitrogens with one attached hydrogen (secondary N) is 1. The molecule has 3 aromatic rings. The molecule has 0 fully saturated rings. The largest absolute Gasteiger partial charge is 0.341 e. The van der Waals surface area contributed by atoms with Gasteiger partial charge in [-0.15, -0.1) is 0 Å². The Bertz CT molecular complexity index is 878. The number of aromatic nitrogens is 2. The number of amides is 1. The highest BCUT2D eigenvalue weighted by Crippen LogP contribution is 2.25. The van der Waals surface area contributed by atoms with Crippen LogP contribution in [0.15, 0.2) is 59.1 Å². The number of carbonyl (C=O) groups is 1. The van der Waals surface area contributed by atoms with E-state index >= 15 is 0 Å². The van der Waals surface area contributed by atoms with E-state index in [0.717, 1.165) is 5.56 Å². The van der Waals surface area contributed by atoms with Crippen LogP contribution in [0.3, 0.4) is 0 Å². The first-order valence-corrected chi connectivity index (χ1v) is 8.65. The molecule has 1 heterocycles. The summed E-state index contributed by atoms with van der Waals surface area (Å²) in [6.45, 7) is 8.34. The number of carbonyl (C=O) groups excluding carboxylic acids is 1. The summed E-state index contributed by atoms with van der Waals surface area (Å²) < 4.78 is 5.34. The molecule has 1 atom stereocenters. The summed E-state index contributed by atoms with van der Waals surface area (Å²) in [5.41, 5.74) is 2.82. The van der Waals surface area contributed by atoms with Crippen LogP contribution < -0.4 is 5.32 Å². The molecule has 5 heteroatoms. The second-order valence-corrected chi connectivity index (χ2v) is 7.34. The zero-order valence-corrected chi connectivity index (χ0v) is 15.5. The first kappa shape index (κ1) is 17.9. The second-order valence-electron chi connectivity index (χ2n) is 7.34. The van der Waals surface area contributed by atoms with Gasteiger partial charge in [-0.25, -0.2) is 0 Å². The van der Waals surface area contributed by atoms with Gasteiger partial charge in [-0.1, -0.05) is 68.4 Å². The van der Waals surface area contributed by atoms with Crippen molar-refractivity contribution < 1.29 is 9.32 Å². The summed E-state index contributed by atoms with van der Waals surface area (Å²) in [4.78, 5) is 16.7. The topological polar surface area (TPSA) is 68.0 Å². The van der Waals surface area contributed by atoms with Gasteiger partial charge in [-0.3, -0.25) is 4.79 Å². The van der Waals surface area contributed by atoms with Gasteiger partial charge in [-0.2, -0.15) is 4.98 Å². The molecule has 0 saturated heterocycles. The number of hydrogen-bond acceptors (Lipinski definition) is 4. The van der Waals surface area contributed by atoms with Crippen molar-refractivity contribution in [1.82, 2.24) is 15.5 Å². The molecule has 0 radical (unpaired) electrons. The Morgan fingerprint density at radius 2 is 1.69 bits per heavy atom. The average Bonchev–Trinajstić information content (AvgIpc) is 3.12. The first-order valence-electron chi connectivity index (χ1n) is 8.65. The summed E-state index contributed by atoms with van der Waals surface area (Å²) in [5.74, 6) is 0.720. The van der Waals surface area contributed by atoms with E-state index in [1.54, 1.807) is 12.1 Å². The summed E-state index contributed by atoms with van der Waals surface area (Å²) in [5, 5.41) is 6.91. The maximum atomic E-state index is 12.2. The molecular formula is C21H23N3O2. The van der Waals surface area contributed by atoms with Crippen LogP contribution in [0, 0.1) is 0 Å². The molecule has 1 N–H and O–H groups in total. The molecule has 5 nitrogen and oxygen atoms in total. The Morgan fingerprint density at radius 3 is 2.31 bits per heavy atom. The fraction of sp³-hybridized carbons (Fsp3) is 0.286. The van der Waals surface area contributed by atoms with Crippen LogP contribution in [0.4, 0.5) is 0 Å². The van der Waals surface area contributed by atoms with Crippen LogP contribution in [0.2, 0.25) is 0 Å². The number of benzene rings is 2. The van der Waals surface area contributed by atoms with Crippen molar-refractivity contribution in [2.75, 3.05) is 0 Å². The van der Waals surface area contributed by atoms with Crippen LogP contribution in [-0.2, 0) is 5.41 Å². The lowest BCUT2D eigenvalue weighted by molar-refractivity contribution is 0.0932. The first-order chi connectivity index (χ1) is 12.3. The standard InChI is InChI=1S/C21H23N3O2/c1-14(22-19(25)16-8-6-5-7-9-16)20-23-18(24-26-20)15-10-12-17(13-11-15)21(2,3)4/h5-14H,1-4H3,(H,22,25). The molecule has 0 aliphatic rings. The van der Waals surface area contributed by atoms with Crippen molar-refractivity contribution in [1.29, 1.82) is 0 Å². The molecule has 3 rings (SSSR count). The van der Waals surface area contributed by atoms with Crippen molar-refractivity contribution in [2.45, 2.75) is 39.2 Å². The molecule has 0 spiro atoms. The Balaban J connectivity index is 1.72. The highest BCUT2D eigenvalue weighted by Gasteiger charge is 2.19. The lowest BCUT2D eigenvalue weighted by Crippen LogP contribution is -2.26. The normalized spacial score (nSPS) is 12.6. The highest BCUT2D eigenvalue weighted by molar-refractivity contribution is 5.94. The maximum Gasteiger partial charge on any atom is 0.251 e. The van der Waals surface area contributed by atoms with E-state index < -0.39 is 0 Å². The van der Waals surface area contributed by atoms with Gasteiger partial charge in [0.15, 0.2) is 0 Å². The van der Waals surface area contributed by atoms with Gasteiger partial charge in [0.05, 0.1) is 0 Å². The van der Waals surface area contributed by atoms with Crippen molar-refractivity contribution in [3.63, 3.8) is 0 Å². The smallest absolute Gasteiger partial charge is 0.251 e. The fourth-order valence-electron chi connectivity index (χ4n) is 2.58. The molecule has 134 valence electrons. The van der Waals surface area contributed by atoms with E-state index in [0.29, 0.717) is 17.3 Å². The number of nitrogens with zero attached hydrogens (tertiary/aromatic N) is 2. The van der Waals surface area contributed by atoms with Crippen LogP contribution in [-0.4, -0.2) is 16.0 Å². The molecule has 1 aromatic heterocycles. The van der Waals surface area contributed by atoms with Gasteiger partial charge in [0.2, 0.25) is 11.7 Å². The van der Waals surface area contributed by atoms with Gasteiger partial charge in [-0.05, 0) is 30.0 Å². The van der Waals surface area contributed by atoms with Crippen LogP contribution in [0.5, 0.6) is 0 Å². The maximum absolute atomic E-state index is 12.2. The summed E-state index contributed by atoms with van der Waals surface area (Å²) >= 11 is 0. The van der Waals surface area contributed by atoms with Crippen molar-refractivity contribution >= 4 is 5.91 Å². The van der Waals surface area contributed by atoms with Gasteiger partial charge < -0.3 is 9.84 Å². The molecule has 2 aromatic carbocycles. The molecule has 1 amide bonds. The highest BCUT2D eigenvalue weighted by atomic mass is 16.5. The zero-order chi connectivity index (χ0) is 18.7. The quantitative estimate of drug-likeness (QED) is 0.751. The zero-order valence-electron chi connectivity index (χ0n) is 15.5. The third-order valence-corrected chi connectivity index (χ3v) is 4.20. The van der Waals surface area contributed by atoms with Gasteiger partial charge in [0.25, 0.3) is 5.91 Å². The minimum Gasteiger partial charge on any atom is -0.341 e. The third-order valence-electron chi connectivity index (χ3n) is 4.20. The average molecular weight is 349 g/mol. The Morgan fingerprint density at radius 1 is 1.04 bits per heavy atom. The summed E-state index contributed by atoms with van der Waals surface area (Å²) in [6.07, 6.45) is 0. The second kappa shape index (κ2) is 7.12. The minimum absolute atomic E-state index is 0.0944. The van der Waals surface area contributed by atoms with Crippen molar-refractivity contribution in [3.05, 3.63) is 71.6 Å². The Hall–Kier alpha value is -2.95. The molecular weight excluding hydrogens is 326 g/mol. The van der Waals surface area contributed by atoms with E-state index in [9.17, 15) is 4.79 Å². The molecule has 0 aliphatic carbocycles. The predicted molar refractivity (Wildman–Crippen MR) is 101 cm³/mol. The Kier molecular flexibility index (Phi) is 4.89. The lowest BCUT2D eigenvalue weighted by Gasteiger charge is -2.18. The SMILES string of the molecule is CC(NC(=O)c1ccccc1)c1nc(-c2ccc(C(C)(C)C)cc2)no1.